The molecule has 1 aromatic carbocycles. The number of amides is 4. The van der Waals surface area contributed by atoms with Crippen LogP contribution in [-0.4, -0.2) is 34.2 Å². The molecule has 0 aliphatic carbocycles. The Kier molecular flexibility index (Phi) is 3.66. The average Bonchev–Trinajstić information content (AvgIpc) is 2.59. The van der Waals surface area contributed by atoms with Crippen LogP contribution in [0.15, 0.2) is 36.9 Å². The topological polar surface area (TPSA) is 57.7 Å². The highest BCUT2D eigenvalue weighted by atomic mass is 35.5. The summed E-state index contributed by atoms with van der Waals surface area (Å²) in [6, 6.07) is 6.20. The van der Waals surface area contributed by atoms with Gasteiger partial charge in [-0.25, -0.2) is 4.79 Å². The van der Waals surface area contributed by atoms with E-state index in [0.717, 1.165) is 9.80 Å². The van der Waals surface area contributed by atoms with Crippen molar-refractivity contribution in [3.63, 3.8) is 0 Å². The van der Waals surface area contributed by atoms with Gasteiger partial charge in [0.15, 0.2) is 0 Å². The lowest BCUT2D eigenvalue weighted by molar-refractivity contribution is -0.143. The molecule has 2 rings (SSSR count). The first-order valence-corrected chi connectivity index (χ1v) is 5.95. The first kappa shape index (κ1) is 13.3. The minimum atomic E-state index is -0.841. The highest BCUT2D eigenvalue weighted by molar-refractivity contribution is 6.44. The Bertz CT molecular complexity index is 571. The zero-order chi connectivity index (χ0) is 14.0. The van der Waals surface area contributed by atoms with Gasteiger partial charge in [0.25, 0.3) is 0 Å². The SMILES string of the molecule is C=CCN1C(=O)C(=O)N(Cc2ccccc2Cl)C1=O. The zero-order valence-electron chi connectivity index (χ0n) is 10.0. The fraction of sp³-hybridized carbons (Fsp3) is 0.154. The lowest BCUT2D eigenvalue weighted by Crippen LogP contribution is -2.33. The van der Waals surface area contributed by atoms with Gasteiger partial charge >= 0.3 is 17.8 Å². The van der Waals surface area contributed by atoms with E-state index < -0.39 is 17.8 Å². The summed E-state index contributed by atoms with van der Waals surface area (Å²) in [6.45, 7) is 3.44. The van der Waals surface area contributed by atoms with Crippen LogP contribution in [0.1, 0.15) is 5.56 Å². The summed E-state index contributed by atoms with van der Waals surface area (Å²) in [5.41, 5.74) is 0.610. The molecule has 5 nitrogen and oxygen atoms in total. The van der Waals surface area contributed by atoms with Gasteiger partial charge in [0.2, 0.25) is 0 Å². The van der Waals surface area contributed by atoms with Crippen molar-refractivity contribution in [1.29, 1.82) is 0 Å². The monoisotopic (exact) mass is 278 g/mol. The molecule has 0 bridgehead atoms. The van der Waals surface area contributed by atoms with E-state index in [0.29, 0.717) is 10.6 Å². The van der Waals surface area contributed by atoms with Gasteiger partial charge in [-0.15, -0.1) is 6.58 Å². The number of imide groups is 2. The Labute approximate surface area is 115 Å². The summed E-state index contributed by atoms with van der Waals surface area (Å²) >= 11 is 5.97. The average molecular weight is 279 g/mol. The molecule has 1 aliphatic rings. The van der Waals surface area contributed by atoms with Crippen molar-refractivity contribution in [3.8, 4) is 0 Å². The standard InChI is InChI=1S/C13H11ClN2O3/c1-2-7-15-11(17)12(18)16(13(15)19)8-9-5-3-4-6-10(9)14/h2-6H,1,7-8H2. The van der Waals surface area contributed by atoms with Crippen LogP contribution in [0, 0.1) is 0 Å². The second kappa shape index (κ2) is 5.24. The minimum Gasteiger partial charge on any atom is -0.263 e. The van der Waals surface area contributed by atoms with Gasteiger partial charge in [0, 0.05) is 11.6 Å². The van der Waals surface area contributed by atoms with Crippen LogP contribution in [0.25, 0.3) is 0 Å². The maximum atomic E-state index is 12.0. The smallest absolute Gasteiger partial charge is 0.263 e. The highest BCUT2D eigenvalue weighted by Crippen LogP contribution is 2.20. The van der Waals surface area contributed by atoms with Crippen LogP contribution in [0.3, 0.4) is 0 Å². The Morgan fingerprint density at radius 3 is 2.37 bits per heavy atom. The number of benzene rings is 1. The first-order chi connectivity index (χ1) is 9.06. The van der Waals surface area contributed by atoms with Crippen molar-refractivity contribution in [3.05, 3.63) is 47.5 Å². The normalized spacial score (nSPS) is 15.3. The third-order valence-corrected chi connectivity index (χ3v) is 3.10. The summed E-state index contributed by atoms with van der Waals surface area (Å²) in [7, 11) is 0. The number of carbonyl (C=O) groups excluding carboxylic acids is 3. The van der Waals surface area contributed by atoms with Gasteiger partial charge in [-0.2, -0.15) is 0 Å². The molecule has 0 unspecified atom stereocenters. The van der Waals surface area contributed by atoms with Crippen molar-refractivity contribution < 1.29 is 14.4 Å². The van der Waals surface area contributed by atoms with E-state index in [1.807, 2.05) is 0 Å². The van der Waals surface area contributed by atoms with E-state index in [1.165, 1.54) is 6.08 Å². The zero-order valence-corrected chi connectivity index (χ0v) is 10.8. The van der Waals surface area contributed by atoms with Crippen LogP contribution in [0.5, 0.6) is 0 Å². The van der Waals surface area contributed by atoms with Crippen molar-refractivity contribution in [2.75, 3.05) is 6.54 Å². The molecule has 0 radical (unpaired) electrons. The Morgan fingerprint density at radius 1 is 1.11 bits per heavy atom. The summed E-state index contributed by atoms with van der Waals surface area (Å²) in [6.07, 6.45) is 1.39. The highest BCUT2D eigenvalue weighted by Gasteiger charge is 2.43. The van der Waals surface area contributed by atoms with Gasteiger partial charge in [-0.3, -0.25) is 19.4 Å². The summed E-state index contributed by atoms with van der Waals surface area (Å²) < 4.78 is 0. The minimum absolute atomic E-state index is 0.0163. The maximum absolute atomic E-state index is 12.0. The Hall–Kier alpha value is -2.14. The number of hydrogen-bond acceptors (Lipinski definition) is 3. The predicted molar refractivity (Wildman–Crippen MR) is 69.3 cm³/mol. The van der Waals surface area contributed by atoms with Gasteiger partial charge < -0.3 is 0 Å². The van der Waals surface area contributed by atoms with Crippen LogP contribution in [-0.2, 0) is 16.1 Å². The van der Waals surface area contributed by atoms with Crippen LogP contribution < -0.4 is 0 Å². The molecule has 98 valence electrons. The maximum Gasteiger partial charge on any atom is 0.334 e. The number of carbonyl (C=O) groups is 3. The van der Waals surface area contributed by atoms with Crippen LogP contribution in [0.4, 0.5) is 4.79 Å². The van der Waals surface area contributed by atoms with E-state index in [2.05, 4.69) is 6.58 Å². The number of hydrogen-bond donors (Lipinski definition) is 0. The number of nitrogens with zero attached hydrogens (tertiary/aromatic N) is 2. The molecule has 0 atom stereocenters. The molecule has 1 heterocycles. The largest absolute Gasteiger partial charge is 0.334 e. The lowest BCUT2D eigenvalue weighted by atomic mass is 10.2. The molecule has 1 fully saturated rings. The first-order valence-electron chi connectivity index (χ1n) is 5.58. The van der Waals surface area contributed by atoms with E-state index in [9.17, 15) is 14.4 Å². The molecule has 1 saturated heterocycles. The van der Waals surface area contributed by atoms with E-state index >= 15 is 0 Å². The predicted octanol–water partition coefficient (Wildman–Crippen LogP) is 1.82. The van der Waals surface area contributed by atoms with Crippen LogP contribution >= 0.6 is 11.6 Å². The van der Waals surface area contributed by atoms with Crippen molar-refractivity contribution >= 4 is 29.4 Å². The molecule has 6 heteroatoms. The number of urea groups is 1. The fourth-order valence-electron chi connectivity index (χ4n) is 1.78. The third-order valence-electron chi connectivity index (χ3n) is 2.73. The van der Waals surface area contributed by atoms with E-state index in [4.69, 9.17) is 11.6 Å². The lowest BCUT2D eigenvalue weighted by Gasteiger charge is -2.14. The second-order valence-electron chi connectivity index (χ2n) is 3.97. The van der Waals surface area contributed by atoms with Crippen molar-refractivity contribution in [2.45, 2.75) is 6.54 Å². The molecule has 0 N–H and O–H groups in total. The molecule has 1 aliphatic heterocycles. The summed E-state index contributed by atoms with van der Waals surface area (Å²) in [5, 5.41) is 0.442. The van der Waals surface area contributed by atoms with Crippen LogP contribution in [0.2, 0.25) is 5.02 Å². The molecule has 0 spiro atoms. The Balaban J connectivity index is 2.24. The van der Waals surface area contributed by atoms with Crippen molar-refractivity contribution in [2.24, 2.45) is 0 Å². The van der Waals surface area contributed by atoms with E-state index in [-0.39, 0.29) is 13.1 Å². The quantitative estimate of drug-likeness (QED) is 0.479. The number of halogens is 1. The molecule has 4 amide bonds. The molecule has 1 aromatic rings. The molecule has 19 heavy (non-hydrogen) atoms. The van der Waals surface area contributed by atoms with Gasteiger partial charge in [-0.05, 0) is 11.6 Å². The van der Waals surface area contributed by atoms with Gasteiger partial charge in [0.1, 0.15) is 0 Å². The molecular weight excluding hydrogens is 268 g/mol. The third kappa shape index (κ3) is 2.37. The van der Waals surface area contributed by atoms with Gasteiger partial charge in [-0.1, -0.05) is 35.9 Å². The second-order valence-corrected chi connectivity index (χ2v) is 4.38. The summed E-state index contributed by atoms with van der Waals surface area (Å²) in [4.78, 5) is 37.1. The number of rotatable bonds is 4. The van der Waals surface area contributed by atoms with E-state index in [1.54, 1.807) is 24.3 Å². The molecular formula is C13H11ClN2O3. The Morgan fingerprint density at radius 2 is 1.74 bits per heavy atom. The molecule has 0 aromatic heterocycles. The van der Waals surface area contributed by atoms with Crippen molar-refractivity contribution in [1.82, 2.24) is 9.80 Å². The fourth-order valence-corrected chi connectivity index (χ4v) is 1.97. The van der Waals surface area contributed by atoms with Gasteiger partial charge in [0.05, 0.1) is 6.54 Å². The molecule has 0 saturated carbocycles. The summed E-state index contributed by atoms with van der Waals surface area (Å²) in [5.74, 6) is -1.68.